The minimum absolute atomic E-state index is 0.166. The number of aryl methyl sites for hydroxylation is 1. The molecule has 0 saturated carbocycles. The quantitative estimate of drug-likeness (QED) is 0.503. The largest absolute Gasteiger partial charge is 0.271 e. The molecular weight excluding hydrogens is 278 g/mol. The number of nitrogens with two attached hydrogens (primary N) is 1. The normalized spacial score (nSPS) is 12.4. The fourth-order valence-electron chi connectivity index (χ4n) is 1.92. The number of hydrazine groups is 1. The highest BCUT2D eigenvalue weighted by Gasteiger charge is 2.13. The van der Waals surface area contributed by atoms with Crippen molar-refractivity contribution in [3.05, 3.63) is 65.2 Å². The molecule has 5 heteroatoms. The average Bonchev–Trinajstić information content (AvgIpc) is 2.45. The second-order valence-corrected chi connectivity index (χ2v) is 5.58. The number of halogens is 2. The number of hydrogen-bond donors (Lipinski definition) is 2. The van der Waals surface area contributed by atoms with Crippen molar-refractivity contribution in [2.75, 3.05) is 5.75 Å². The van der Waals surface area contributed by atoms with Gasteiger partial charge in [-0.05, 0) is 54.4 Å². The molecule has 0 fully saturated rings. The smallest absolute Gasteiger partial charge is 0.123 e. The summed E-state index contributed by atoms with van der Waals surface area (Å²) in [6, 6.07) is 10.8. The minimum atomic E-state index is -0.280. The van der Waals surface area contributed by atoms with Gasteiger partial charge in [0.1, 0.15) is 11.6 Å². The molecule has 0 amide bonds. The highest BCUT2D eigenvalue weighted by atomic mass is 32.2. The van der Waals surface area contributed by atoms with Crippen molar-refractivity contribution in [3.8, 4) is 0 Å². The van der Waals surface area contributed by atoms with Crippen molar-refractivity contribution >= 4 is 11.8 Å². The van der Waals surface area contributed by atoms with Crippen LogP contribution in [0.5, 0.6) is 0 Å². The molecule has 0 aromatic heterocycles. The average molecular weight is 294 g/mol. The van der Waals surface area contributed by atoms with Crippen molar-refractivity contribution in [2.45, 2.75) is 17.9 Å². The maximum atomic E-state index is 13.3. The van der Waals surface area contributed by atoms with Gasteiger partial charge in [0.05, 0.1) is 6.04 Å². The lowest BCUT2D eigenvalue weighted by molar-refractivity contribution is 0.588. The highest BCUT2D eigenvalue weighted by molar-refractivity contribution is 7.99. The van der Waals surface area contributed by atoms with Gasteiger partial charge >= 0.3 is 0 Å². The molecule has 0 radical (unpaired) electrons. The van der Waals surface area contributed by atoms with Crippen LogP contribution in [0, 0.1) is 18.6 Å². The summed E-state index contributed by atoms with van der Waals surface area (Å²) >= 11 is 1.54. The summed E-state index contributed by atoms with van der Waals surface area (Å²) in [7, 11) is 0. The Morgan fingerprint density at radius 2 is 1.75 bits per heavy atom. The Labute approximate surface area is 121 Å². The van der Waals surface area contributed by atoms with Crippen molar-refractivity contribution in [3.63, 3.8) is 0 Å². The first-order chi connectivity index (χ1) is 9.60. The van der Waals surface area contributed by atoms with Gasteiger partial charge < -0.3 is 0 Å². The summed E-state index contributed by atoms with van der Waals surface area (Å²) < 4.78 is 26.2. The summed E-state index contributed by atoms with van der Waals surface area (Å²) in [6.07, 6.45) is 0. The van der Waals surface area contributed by atoms with Crippen LogP contribution in [0.3, 0.4) is 0 Å². The van der Waals surface area contributed by atoms with E-state index in [1.807, 2.05) is 6.92 Å². The molecule has 106 valence electrons. The first-order valence-electron chi connectivity index (χ1n) is 6.20. The molecule has 0 aliphatic rings. The fourth-order valence-corrected chi connectivity index (χ4v) is 2.89. The molecule has 2 aromatic carbocycles. The van der Waals surface area contributed by atoms with Gasteiger partial charge in [0, 0.05) is 10.6 Å². The number of hydrogen-bond acceptors (Lipinski definition) is 3. The predicted octanol–water partition coefficient (Wildman–Crippen LogP) is 3.57. The van der Waals surface area contributed by atoms with E-state index in [0.29, 0.717) is 5.75 Å². The van der Waals surface area contributed by atoms with E-state index in [-0.39, 0.29) is 17.7 Å². The van der Waals surface area contributed by atoms with Crippen molar-refractivity contribution in [1.82, 2.24) is 5.43 Å². The van der Waals surface area contributed by atoms with Gasteiger partial charge in [-0.3, -0.25) is 11.3 Å². The Kier molecular flexibility index (Phi) is 5.11. The van der Waals surface area contributed by atoms with E-state index in [1.54, 1.807) is 18.2 Å². The summed E-state index contributed by atoms with van der Waals surface area (Å²) in [4.78, 5) is 0.945. The summed E-state index contributed by atoms with van der Waals surface area (Å²) in [5, 5.41) is 0. The third kappa shape index (κ3) is 3.79. The van der Waals surface area contributed by atoms with Crippen LogP contribution in [0.2, 0.25) is 0 Å². The lowest BCUT2D eigenvalue weighted by Gasteiger charge is -2.18. The Morgan fingerprint density at radius 3 is 2.40 bits per heavy atom. The molecule has 0 heterocycles. The highest BCUT2D eigenvalue weighted by Crippen LogP contribution is 2.26. The zero-order valence-electron chi connectivity index (χ0n) is 11.1. The van der Waals surface area contributed by atoms with Gasteiger partial charge in [-0.25, -0.2) is 8.78 Å². The lowest BCUT2D eigenvalue weighted by atomic mass is 10.0. The molecule has 0 spiro atoms. The standard InChI is InChI=1S/C15H16F2N2S/c1-10-2-3-12(17)8-14(10)15(19-18)9-20-13-6-4-11(16)5-7-13/h2-8,15,19H,9,18H2,1H3. The van der Waals surface area contributed by atoms with Crippen molar-refractivity contribution in [2.24, 2.45) is 5.84 Å². The molecular formula is C15H16F2N2S. The molecule has 1 atom stereocenters. The van der Waals surface area contributed by atoms with Gasteiger partial charge in [0.15, 0.2) is 0 Å². The minimum Gasteiger partial charge on any atom is -0.271 e. The van der Waals surface area contributed by atoms with E-state index < -0.39 is 0 Å². The molecule has 2 rings (SSSR count). The van der Waals surface area contributed by atoms with Crippen molar-refractivity contribution < 1.29 is 8.78 Å². The molecule has 0 aliphatic carbocycles. The molecule has 2 aromatic rings. The summed E-state index contributed by atoms with van der Waals surface area (Å²) in [6.45, 7) is 1.92. The third-order valence-corrected chi connectivity index (χ3v) is 4.15. The Bertz CT molecular complexity index is 573. The molecule has 0 bridgehead atoms. The van der Waals surface area contributed by atoms with Crippen LogP contribution in [-0.4, -0.2) is 5.75 Å². The number of rotatable bonds is 5. The van der Waals surface area contributed by atoms with E-state index in [2.05, 4.69) is 5.43 Å². The molecule has 3 N–H and O–H groups in total. The maximum absolute atomic E-state index is 13.3. The van der Waals surface area contributed by atoms with E-state index >= 15 is 0 Å². The van der Waals surface area contributed by atoms with Crippen LogP contribution < -0.4 is 11.3 Å². The number of benzene rings is 2. The van der Waals surface area contributed by atoms with Gasteiger partial charge in [-0.1, -0.05) is 6.07 Å². The first-order valence-corrected chi connectivity index (χ1v) is 7.19. The maximum Gasteiger partial charge on any atom is 0.123 e. The van der Waals surface area contributed by atoms with Gasteiger partial charge in [0.25, 0.3) is 0 Å². The van der Waals surface area contributed by atoms with Crippen LogP contribution in [0.1, 0.15) is 17.2 Å². The van der Waals surface area contributed by atoms with E-state index in [9.17, 15) is 8.78 Å². The van der Waals surface area contributed by atoms with Gasteiger partial charge in [-0.2, -0.15) is 0 Å². The zero-order valence-corrected chi connectivity index (χ0v) is 11.9. The number of thioether (sulfide) groups is 1. The topological polar surface area (TPSA) is 38.0 Å². The van der Waals surface area contributed by atoms with Crippen LogP contribution in [0.4, 0.5) is 8.78 Å². The van der Waals surface area contributed by atoms with Crippen LogP contribution in [0.15, 0.2) is 47.4 Å². The lowest BCUT2D eigenvalue weighted by Crippen LogP contribution is -2.30. The fraction of sp³-hybridized carbons (Fsp3) is 0.200. The Morgan fingerprint density at radius 1 is 1.10 bits per heavy atom. The molecule has 0 aliphatic heterocycles. The van der Waals surface area contributed by atoms with Gasteiger partial charge in [0.2, 0.25) is 0 Å². The monoisotopic (exact) mass is 294 g/mol. The molecule has 20 heavy (non-hydrogen) atoms. The Hall–Kier alpha value is -1.43. The van der Waals surface area contributed by atoms with Crippen molar-refractivity contribution in [1.29, 1.82) is 0 Å². The first kappa shape index (κ1) is 15.0. The second-order valence-electron chi connectivity index (χ2n) is 4.49. The van der Waals surface area contributed by atoms with Crippen LogP contribution in [0.25, 0.3) is 0 Å². The second kappa shape index (κ2) is 6.83. The number of nitrogens with one attached hydrogen (secondary N) is 1. The summed E-state index contributed by atoms with van der Waals surface area (Å²) in [5.41, 5.74) is 4.52. The van der Waals surface area contributed by atoms with E-state index in [1.165, 1.54) is 36.0 Å². The van der Waals surface area contributed by atoms with E-state index in [0.717, 1.165) is 16.0 Å². The van der Waals surface area contributed by atoms with Gasteiger partial charge in [-0.15, -0.1) is 11.8 Å². The molecule has 2 nitrogen and oxygen atoms in total. The van der Waals surface area contributed by atoms with Crippen LogP contribution >= 0.6 is 11.8 Å². The zero-order chi connectivity index (χ0) is 14.5. The summed E-state index contributed by atoms with van der Waals surface area (Å²) in [5.74, 6) is 5.66. The Balaban J connectivity index is 2.09. The molecule has 1 unspecified atom stereocenters. The molecule has 0 saturated heterocycles. The third-order valence-electron chi connectivity index (χ3n) is 3.05. The van der Waals surface area contributed by atoms with E-state index in [4.69, 9.17) is 5.84 Å². The van der Waals surface area contributed by atoms with Crippen LogP contribution in [-0.2, 0) is 0 Å². The predicted molar refractivity (Wildman–Crippen MR) is 78.3 cm³/mol. The SMILES string of the molecule is Cc1ccc(F)cc1C(CSc1ccc(F)cc1)NN.